The summed E-state index contributed by atoms with van der Waals surface area (Å²) in [5.41, 5.74) is 1.71. The smallest absolute Gasteiger partial charge is 0.224 e. The van der Waals surface area contributed by atoms with Crippen LogP contribution in [0.2, 0.25) is 0 Å². The summed E-state index contributed by atoms with van der Waals surface area (Å²) in [6, 6.07) is 5.40. The van der Waals surface area contributed by atoms with Gasteiger partial charge in [-0.2, -0.15) is 5.10 Å². The maximum atomic E-state index is 12.1. The van der Waals surface area contributed by atoms with Gasteiger partial charge in [-0.05, 0) is 23.8 Å². The maximum absolute atomic E-state index is 12.1. The Morgan fingerprint density at radius 1 is 1.17 bits per heavy atom. The fourth-order valence-corrected chi connectivity index (χ4v) is 2.25. The predicted octanol–water partition coefficient (Wildman–Crippen LogP) is 1.30. The van der Waals surface area contributed by atoms with Gasteiger partial charge < -0.3 is 19.5 Å². The van der Waals surface area contributed by atoms with Gasteiger partial charge in [0.15, 0.2) is 11.5 Å². The molecule has 0 saturated carbocycles. The van der Waals surface area contributed by atoms with E-state index in [2.05, 4.69) is 10.4 Å². The van der Waals surface area contributed by atoms with E-state index in [0.717, 1.165) is 11.3 Å². The molecule has 0 unspecified atom stereocenters. The normalized spacial score (nSPS) is 10.3. The van der Waals surface area contributed by atoms with Crippen LogP contribution in [-0.2, 0) is 24.8 Å². The molecule has 7 nitrogen and oxygen atoms in total. The minimum atomic E-state index is -0.0968. The van der Waals surface area contributed by atoms with Gasteiger partial charge >= 0.3 is 0 Å². The van der Waals surface area contributed by atoms with Crippen molar-refractivity contribution in [3.63, 3.8) is 0 Å². The van der Waals surface area contributed by atoms with E-state index in [1.54, 1.807) is 44.3 Å². The van der Waals surface area contributed by atoms with Crippen molar-refractivity contribution in [2.24, 2.45) is 7.05 Å². The van der Waals surface area contributed by atoms with Gasteiger partial charge in [0.2, 0.25) is 11.7 Å². The van der Waals surface area contributed by atoms with Gasteiger partial charge in [0.05, 0.1) is 40.0 Å². The highest BCUT2D eigenvalue weighted by atomic mass is 16.5. The lowest BCUT2D eigenvalue weighted by Crippen LogP contribution is -2.25. The second kappa shape index (κ2) is 7.53. The lowest BCUT2D eigenvalue weighted by molar-refractivity contribution is -0.120. The molecule has 23 heavy (non-hydrogen) atoms. The Hall–Kier alpha value is -2.70. The number of nitrogens with one attached hydrogen (secondary N) is 1. The number of nitrogens with zero attached hydrogens (tertiary/aromatic N) is 2. The molecule has 124 valence electrons. The number of carbonyl (C=O) groups is 1. The second-order valence-electron chi connectivity index (χ2n) is 4.93. The summed E-state index contributed by atoms with van der Waals surface area (Å²) in [5, 5.41) is 6.93. The van der Waals surface area contributed by atoms with E-state index in [1.807, 2.05) is 13.1 Å². The molecule has 1 heterocycles. The topological polar surface area (TPSA) is 74.6 Å². The third-order valence-electron chi connectivity index (χ3n) is 3.48. The first-order valence-electron chi connectivity index (χ1n) is 7.11. The average Bonchev–Trinajstić information content (AvgIpc) is 2.97. The van der Waals surface area contributed by atoms with Crippen LogP contribution in [0.4, 0.5) is 0 Å². The van der Waals surface area contributed by atoms with Crippen LogP contribution in [0.25, 0.3) is 0 Å². The monoisotopic (exact) mass is 319 g/mol. The highest BCUT2D eigenvalue weighted by Gasteiger charge is 2.15. The quantitative estimate of drug-likeness (QED) is 0.833. The van der Waals surface area contributed by atoms with Crippen LogP contribution in [-0.4, -0.2) is 37.0 Å². The standard InChI is InChI=1S/C16H21N3O4/c1-19-12(5-6-18-19)10-17-15(20)9-11-7-13(21-2)16(23-4)14(8-11)22-3/h5-8H,9-10H2,1-4H3,(H,17,20). The zero-order chi connectivity index (χ0) is 16.8. The van der Waals surface area contributed by atoms with Crippen LogP contribution < -0.4 is 19.5 Å². The number of methoxy groups -OCH3 is 3. The predicted molar refractivity (Wildman–Crippen MR) is 84.9 cm³/mol. The molecule has 2 rings (SSSR count). The van der Waals surface area contributed by atoms with Crippen LogP contribution in [0, 0.1) is 0 Å². The van der Waals surface area contributed by atoms with Crippen molar-refractivity contribution in [1.29, 1.82) is 0 Å². The molecule has 0 aliphatic carbocycles. The Morgan fingerprint density at radius 3 is 2.30 bits per heavy atom. The number of aryl methyl sites for hydroxylation is 1. The van der Waals surface area contributed by atoms with Gasteiger partial charge in [-0.3, -0.25) is 9.48 Å². The number of amides is 1. The number of benzene rings is 1. The SMILES string of the molecule is COc1cc(CC(=O)NCc2ccnn2C)cc(OC)c1OC. The molecule has 0 spiro atoms. The van der Waals surface area contributed by atoms with E-state index >= 15 is 0 Å². The van der Waals surface area contributed by atoms with Gasteiger partial charge in [0.1, 0.15) is 0 Å². The molecule has 1 aromatic carbocycles. The van der Waals surface area contributed by atoms with Crippen molar-refractivity contribution in [3.8, 4) is 17.2 Å². The summed E-state index contributed by atoms with van der Waals surface area (Å²) in [5.74, 6) is 1.47. The molecule has 0 aliphatic rings. The molecule has 7 heteroatoms. The molecule has 0 saturated heterocycles. The van der Waals surface area contributed by atoms with Crippen molar-refractivity contribution >= 4 is 5.91 Å². The first-order chi connectivity index (χ1) is 11.1. The molecular formula is C16H21N3O4. The molecule has 0 radical (unpaired) electrons. The van der Waals surface area contributed by atoms with Gasteiger partial charge in [0.25, 0.3) is 0 Å². The fraction of sp³-hybridized carbons (Fsp3) is 0.375. The van der Waals surface area contributed by atoms with Gasteiger partial charge in [-0.1, -0.05) is 0 Å². The van der Waals surface area contributed by atoms with E-state index in [1.165, 1.54) is 0 Å². The molecule has 1 amide bonds. The Morgan fingerprint density at radius 2 is 1.83 bits per heavy atom. The molecule has 0 fully saturated rings. The molecule has 1 N–H and O–H groups in total. The summed E-state index contributed by atoms with van der Waals surface area (Å²) in [4.78, 5) is 12.1. The lowest BCUT2D eigenvalue weighted by atomic mass is 10.1. The lowest BCUT2D eigenvalue weighted by Gasteiger charge is -2.14. The first-order valence-corrected chi connectivity index (χ1v) is 7.11. The van der Waals surface area contributed by atoms with E-state index in [9.17, 15) is 4.79 Å². The summed E-state index contributed by atoms with van der Waals surface area (Å²) < 4.78 is 17.6. The van der Waals surface area contributed by atoms with Crippen molar-refractivity contribution in [2.75, 3.05) is 21.3 Å². The Balaban J connectivity index is 2.07. The highest BCUT2D eigenvalue weighted by molar-refractivity contribution is 5.79. The molecule has 0 atom stereocenters. The summed E-state index contributed by atoms with van der Waals surface area (Å²) in [6.45, 7) is 0.430. The first kappa shape index (κ1) is 16.7. The molecule has 0 aliphatic heterocycles. The Bertz CT molecular complexity index is 657. The van der Waals surface area contributed by atoms with E-state index in [0.29, 0.717) is 23.8 Å². The molecule has 2 aromatic rings. The molecule has 1 aromatic heterocycles. The van der Waals surface area contributed by atoms with Crippen LogP contribution in [0.1, 0.15) is 11.3 Å². The minimum absolute atomic E-state index is 0.0968. The van der Waals surface area contributed by atoms with E-state index in [-0.39, 0.29) is 12.3 Å². The van der Waals surface area contributed by atoms with Crippen LogP contribution in [0.3, 0.4) is 0 Å². The van der Waals surface area contributed by atoms with E-state index in [4.69, 9.17) is 14.2 Å². The number of ether oxygens (including phenoxy) is 3. The number of rotatable bonds is 7. The van der Waals surface area contributed by atoms with Crippen molar-refractivity contribution in [1.82, 2.24) is 15.1 Å². The second-order valence-corrected chi connectivity index (χ2v) is 4.93. The zero-order valence-corrected chi connectivity index (χ0v) is 13.8. The van der Waals surface area contributed by atoms with Crippen LogP contribution in [0.5, 0.6) is 17.2 Å². The van der Waals surface area contributed by atoms with Crippen LogP contribution in [0.15, 0.2) is 24.4 Å². The summed E-state index contributed by atoms with van der Waals surface area (Å²) in [6.07, 6.45) is 1.91. The fourth-order valence-electron chi connectivity index (χ4n) is 2.25. The summed E-state index contributed by atoms with van der Waals surface area (Å²) >= 11 is 0. The van der Waals surface area contributed by atoms with Gasteiger partial charge in [-0.25, -0.2) is 0 Å². The summed E-state index contributed by atoms with van der Waals surface area (Å²) in [7, 11) is 6.47. The Labute approximate surface area is 135 Å². The number of hydrogen-bond donors (Lipinski definition) is 1. The van der Waals surface area contributed by atoms with Crippen LogP contribution >= 0.6 is 0 Å². The Kier molecular flexibility index (Phi) is 5.46. The van der Waals surface area contributed by atoms with Crippen molar-refractivity contribution in [2.45, 2.75) is 13.0 Å². The highest BCUT2D eigenvalue weighted by Crippen LogP contribution is 2.38. The largest absolute Gasteiger partial charge is 0.493 e. The van der Waals surface area contributed by atoms with Gasteiger partial charge in [-0.15, -0.1) is 0 Å². The average molecular weight is 319 g/mol. The van der Waals surface area contributed by atoms with Crippen molar-refractivity contribution < 1.29 is 19.0 Å². The van der Waals surface area contributed by atoms with E-state index < -0.39 is 0 Å². The van der Waals surface area contributed by atoms with Gasteiger partial charge in [0, 0.05) is 13.2 Å². The number of hydrogen-bond acceptors (Lipinski definition) is 5. The number of aromatic nitrogens is 2. The molecular weight excluding hydrogens is 298 g/mol. The minimum Gasteiger partial charge on any atom is -0.493 e. The molecule has 0 bridgehead atoms. The van der Waals surface area contributed by atoms with Crippen molar-refractivity contribution in [3.05, 3.63) is 35.7 Å². The maximum Gasteiger partial charge on any atom is 0.224 e. The third kappa shape index (κ3) is 3.94. The third-order valence-corrected chi connectivity index (χ3v) is 3.48. The zero-order valence-electron chi connectivity index (χ0n) is 13.8. The number of carbonyl (C=O) groups excluding carboxylic acids is 1.